The van der Waals surface area contributed by atoms with Gasteiger partial charge in [0.15, 0.2) is 0 Å². The molecule has 0 N–H and O–H groups in total. The number of aromatic nitrogens is 2. The van der Waals surface area contributed by atoms with Gasteiger partial charge in [-0.1, -0.05) is 23.7 Å². The third-order valence-electron chi connectivity index (χ3n) is 2.10. The minimum absolute atomic E-state index is 0.768. The van der Waals surface area contributed by atoms with Crippen LogP contribution in [0.1, 0.15) is 11.4 Å². The molecule has 2 aromatic rings. The second-order valence-corrected chi connectivity index (χ2v) is 3.61. The van der Waals surface area contributed by atoms with E-state index >= 15 is 0 Å². The Bertz CT molecular complexity index is 434. The van der Waals surface area contributed by atoms with Crippen molar-refractivity contribution in [2.24, 2.45) is 0 Å². The lowest BCUT2D eigenvalue weighted by atomic mass is 10.2. The molecule has 3 heteroatoms. The summed E-state index contributed by atoms with van der Waals surface area (Å²) in [7, 11) is 0. The van der Waals surface area contributed by atoms with Crippen LogP contribution in [-0.2, 0) is 6.54 Å². The minimum Gasteiger partial charge on any atom is -0.330 e. The summed E-state index contributed by atoms with van der Waals surface area (Å²) >= 11 is 5.89. The van der Waals surface area contributed by atoms with Crippen LogP contribution in [0.4, 0.5) is 0 Å². The summed E-state index contributed by atoms with van der Waals surface area (Å²) < 4.78 is 2.03. The fourth-order valence-corrected chi connectivity index (χ4v) is 1.55. The first-order valence-corrected chi connectivity index (χ1v) is 4.78. The quantitative estimate of drug-likeness (QED) is 0.737. The number of benzene rings is 1. The monoisotopic (exact) mass is 205 g/mol. The molecule has 0 aliphatic heterocycles. The molecule has 0 spiro atoms. The van der Waals surface area contributed by atoms with Crippen LogP contribution in [0.15, 0.2) is 30.5 Å². The van der Waals surface area contributed by atoms with Gasteiger partial charge in [0.1, 0.15) is 12.0 Å². The zero-order chi connectivity index (χ0) is 9.97. The molecular weight excluding hydrogens is 196 g/mol. The molecule has 0 amide bonds. The van der Waals surface area contributed by atoms with E-state index in [4.69, 9.17) is 11.6 Å². The second-order valence-electron chi connectivity index (χ2n) is 3.18. The Morgan fingerprint density at radius 2 is 2.36 bits per heavy atom. The molecule has 0 saturated heterocycles. The number of hydrogen-bond donors (Lipinski definition) is 0. The number of hydrogen-bond acceptors (Lipinski definition) is 1. The van der Waals surface area contributed by atoms with Crippen molar-refractivity contribution in [2.45, 2.75) is 13.5 Å². The highest BCUT2D eigenvalue weighted by Crippen LogP contribution is 2.12. The Labute approximate surface area is 88.2 Å². The van der Waals surface area contributed by atoms with Crippen LogP contribution in [0.3, 0.4) is 0 Å². The topological polar surface area (TPSA) is 17.8 Å². The molecule has 2 rings (SSSR count). The third-order valence-corrected chi connectivity index (χ3v) is 2.33. The van der Waals surface area contributed by atoms with Gasteiger partial charge in [0.25, 0.3) is 0 Å². The van der Waals surface area contributed by atoms with E-state index < -0.39 is 0 Å². The van der Waals surface area contributed by atoms with Gasteiger partial charge in [-0.2, -0.15) is 0 Å². The summed E-state index contributed by atoms with van der Waals surface area (Å²) in [5.41, 5.74) is 1.17. The van der Waals surface area contributed by atoms with Crippen LogP contribution < -0.4 is 0 Å². The molecule has 14 heavy (non-hydrogen) atoms. The van der Waals surface area contributed by atoms with Gasteiger partial charge in [-0.05, 0) is 24.6 Å². The van der Waals surface area contributed by atoms with Crippen molar-refractivity contribution in [1.29, 1.82) is 0 Å². The number of aryl methyl sites for hydroxylation is 1. The van der Waals surface area contributed by atoms with Crippen LogP contribution in [-0.4, -0.2) is 9.55 Å². The lowest BCUT2D eigenvalue weighted by molar-refractivity contribution is 0.762. The molecule has 0 saturated carbocycles. The van der Waals surface area contributed by atoms with E-state index in [0.29, 0.717) is 0 Å². The highest BCUT2D eigenvalue weighted by Gasteiger charge is 1.99. The number of imidazole rings is 1. The van der Waals surface area contributed by atoms with Crippen molar-refractivity contribution in [3.05, 3.63) is 53.1 Å². The summed E-state index contributed by atoms with van der Waals surface area (Å²) in [5, 5.41) is 0.768. The molecule has 1 aromatic heterocycles. The van der Waals surface area contributed by atoms with E-state index in [9.17, 15) is 0 Å². The van der Waals surface area contributed by atoms with Gasteiger partial charge in [-0.25, -0.2) is 4.98 Å². The van der Waals surface area contributed by atoms with E-state index in [1.54, 1.807) is 0 Å². The van der Waals surface area contributed by atoms with Crippen LogP contribution in [0.2, 0.25) is 5.02 Å². The molecule has 0 fully saturated rings. The van der Waals surface area contributed by atoms with Crippen molar-refractivity contribution in [1.82, 2.24) is 9.55 Å². The Morgan fingerprint density at radius 3 is 3.00 bits per heavy atom. The van der Waals surface area contributed by atoms with Crippen molar-refractivity contribution in [3.8, 4) is 0 Å². The SMILES string of the molecule is Cc1n[c]cn1Cc1cccc(Cl)c1. The predicted octanol–water partition coefficient (Wildman–Crippen LogP) is 2.69. The summed E-state index contributed by atoms with van der Waals surface area (Å²) in [6.45, 7) is 2.75. The molecule has 2 nitrogen and oxygen atoms in total. The summed E-state index contributed by atoms with van der Waals surface area (Å²) in [5.74, 6) is 0.963. The van der Waals surface area contributed by atoms with Gasteiger partial charge in [0.2, 0.25) is 0 Å². The Hall–Kier alpha value is -1.28. The Morgan fingerprint density at radius 1 is 1.50 bits per heavy atom. The Balaban J connectivity index is 2.23. The van der Waals surface area contributed by atoms with E-state index in [-0.39, 0.29) is 0 Å². The van der Waals surface area contributed by atoms with Crippen LogP contribution >= 0.6 is 11.6 Å². The zero-order valence-electron chi connectivity index (χ0n) is 7.87. The van der Waals surface area contributed by atoms with Crippen molar-refractivity contribution in [3.63, 3.8) is 0 Å². The maximum Gasteiger partial charge on any atom is 0.109 e. The van der Waals surface area contributed by atoms with Gasteiger partial charge in [-0.3, -0.25) is 0 Å². The first-order valence-electron chi connectivity index (χ1n) is 4.40. The average Bonchev–Trinajstić information content (AvgIpc) is 2.52. The van der Waals surface area contributed by atoms with Gasteiger partial charge in [0.05, 0.1) is 0 Å². The average molecular weight is 206 g/mol. The van der Waals surface area contributed by atoms with Crippen molar-refractivity contribution >= 4 is 11.6 Å². The number of nitrogens with zero attached hydrogens (tertiary/aromatic N) is 2. The number of rotatable bonds is 2. The molecule has 1 aromatic carbocycles. The third kappa shape index (κ3) is 1.96. The summed E-state index contributed by atoms with van der Waals surface area (Å²) in [6, 6.07) is 7.83. The first kappa shape index (κ1) is 9.28. The van der Waals surface area contributed by atoms with Crippen LogP contribution in [0.5, 0.6) is 0 Å². The molecule has 0 bridgehead atoms. The van der Waals surface area contributed by atoms with Gasteiger partial charge in [0, 0.05) is 17.8 Å². The lowest BCUT2D eigenvalue weighted by Gasteiger charge is -2.04. The minimum atomic E-state index is 0.768. The van der Waals surface area contributed by atoms with Crippen molar-refractivity contribution < 1.29 is 0 Å². The standard InChI is InChI=1S/C11H10ClN2/c1-9-13-5-6-14(9)8-10-3-2-4-11(12)7-10/h2-4,6-7H,8H2,1H3. The van der Waals surface area contributed by atoms with Crippen LogP contribution in [0.25, 0.3) is 0 Å². The summed E-state index contributed by atoms with van der Waals surface area (Å²) in [4.78, 5) is 4.04. The van der Waals surface area contributed by atoms with Gasteiger partial charge >= 0.3 is 0 Å². The molecule has 0 aliphatic carbocycles. The first-order chi connectivity index (χ1) is 6.75. The normalized spacial score (nSPS) is 10.4. The van der Waals surface area contributed by atoms with Crippen molar-refractivity contribution in [2.75, 3.05) is 0 Å². The molecular formula is C11H10ClN2. The molecule has 1 radical (unpaired) electrons. The molecule has 71 valence electrons. The molecule has 0 unspecified atom stereocenters. The van der Waals surface area contributed by atoms with E-state index in [1.165, 1.54) is 5.56 Å². The fraction of sp³-hybridized carbons (Fsp3) is 0.182. The highest BCUT2D eigenvalue weighted by molar-refractivity contribution is 6.30. The van der Waals surface area contributed by atoms with E-state index in [2.05, 4.69) is 11.2 Å². The largest absolute Gasteiger partial charge is 0.330 e. The molecule has 0 aliphatic rings. The molecule has 0 atom stereocenters. The maximum atomic E-state index is 5.89. The zero-order valence-corrected chi connectivity index (χ0v) is 8.62. The number of halogens is 1. The smallest absolute Gasteiger partial charge is 0.109 e. The van der Waals surface area contributed by atoms with Gasteiger partial charge < -0.3 is 4.57 Å². The van der Waals surface area contributed by atoms with E-state index in [0.717, 1.165) is 17.4 Å². The Kier molecular flexibility index (Phi) is 2.55. The summed E-state index contributed by atoms with van der Waals surface area (Å²) in [6.07, 6.45) is 4.66. The second kappa shape index (κ2) is 3.84. The van der Waals surface area contributed by atoms with E-state index in [1.807, 2.05) is 42.0 Å². The maximum absolute atomic E-state index is 5.89. The lowest BCUT2D eigenvalue weighted by Crippen LogP contribution is -2.00. The predicted molar refractivity (Wildman–Crippen MR) is 56.4 cm³/mol. The fourth-order valence-electron chi connectivity index (χ4n) is 1.34. The van der Waals surface area contributed by atoms with Crippen LogP contribution in [0, 0.1) is 13.1 Å². The highest BCUT2D eigenvalue weighted by atomic mass is 35.5. The molecule has 1 heterocycles. The van der Waals surface area contributed by atoms with Gasteiger partial charge in [-0.15, -0.1) is 0 Å².